The summed E-state index contributed by atoms with van der Waals surface area (Å²) >= 11 is 18.7. The predicted molar refractivity (Wildman–Crippen MR) is 114 cm³/mol. The molecular formula is C22H16Cl3NO3. The summed E-state index contributed by atoms with van der Waals surface area (Å²) in [7, 11) is 0. The minimum absolute atomic E-state index is 0.0270. The molecule has 1 unspecified atom stereocenters. The van der Waals surface area contributed by atoms with E-state index in [2.05, 4.69) is 0 Å². The predicted octanol–water partition coefficient (Wildman–Crippen LogP) is 6.59. The normalized spacial score (nSPS) is 15.3. The molecule has 3 aromatic carbocycles. The van der Waals surface area contributed by atoms with E-state index in [0.29, 0.717) is 20.6 Å². The van der Waals surface area contributed by atoms with Crippen LogP contribution in [0.2, 0.25) is 15.1 Å². The van der Waals surface area contributed by atoms with Crippen LogP contribution in [-0.2, 0) is 17.9 Å². The number of benzene rings is 3. The van der Waals surface area contributed by atoms with Gasteiger partial charge in [0.2, 0.25) is 0 Å². The van der Waals surface area contributed by atoms with Crippen molar-refractivity contribution >= 4 is 40.9 Å². The van der Waals surface area contributed by atoms with Crippen LogP contribution in [0.1, 0.15) is 28.3 Å². The van der Waals surface area contributed by atoms with Gasteiger partial charge in [-0.25, -0.2) is 4.79 Å². The van der Waals surface area contributed by atoms with E-state index in [1.807, 2.05) is 30.3 Å². The molecule has 0 fully saturated rings. The molecule has 0 bridgehead atoms. The minimum atomic E-state index is -0.596. The minimum Gasteiger partial charge on any atom is -0.508 e. The van der Waals surface area contributed by atoms with Gasteiger partial charge in [0, 0.05) is 10.6 Å². The van der Waals surface area contributed by atoms with E-state index < -0.39 is 12.1 Å². The maximum Gasteiger partial charge on any atom is 0.411 e. The zero-order valence-corrected chi connectivity index (χ0v) is 17.4. The number of hydrogen-bond donors (Lipinski definition) is 1. The number of carbonyl (C=O) groups is 1. The highest BCUT2D eigenvalue weighted by molar-refractivity contribution is 6.42. The summed E-state index contributed by atoms with van der Waals surface area (Å²) in [5.74, 6) is 0.0270. The highest BCUT2D eigenvalue weighted by Gasteiger charge is 2.38. The lowest BCUT2D eigenvalue weighted by Crippen LogP contribution is -2.30. The average Bonchev–Trinajstić information content (AvgIpc) is 3.11. The molecule has 1 amide bonds. The standard InChI is InChI=1S/C22H16Cl3NO3/c23-14-6-9-19(27)16(10-14)21-15-7-8-18(24)20(25)17(15)11-26(21)22(28)29-12-13-4-2-1-3-5-13/h1-10,21,27H,11-12H2. The third kappa shape index (κ3) is 3.88. The summed E-state index contributed by atoms with van der Waals surface area (Å²) in [5, 5.41) is 11.7. The topological polar surface area (TPSA) is 49.8 Å². The first kappa shape index (κ1) is 19.9. The molecule has 4 nitrogen and oxygen atoms in total. The molecule has 0 radical (unpaired) electrons. The summed E-state index contributed by atoms with van der Waals surface area (Å²) in [6, 6.07) is 17.0. The fraction of sp³-hybridized carbons (Fsp3) is 0.136. The SMILES string of the molecule is O=C(OCc1ccccc1)N1Cc2c(ccc(Cl)c2Cl)C1c1cc(Cl)ccc1O. The fourth-order valence-electron chi connectivity index (χ4n) is 3.51. The number of hydrogen-bond acceptors (Lipinski definition) is 3. The van der Waals surface area contributed by atoms with Gasteiger partial charge in [0.15, 0.2) is 0 Å². The Bertz CT molecular complexity index is 1070. The Balaban J connectivity index is 1.71. The number of fused-ring (bicyclic) bond motifs is 1. The van der Waals surface area contributed by atoms with Gasteiger partial charge in [0.05, 0.1) is 22.6 Å². The zero-order valence-electron chi connectivity index (χ0n) is 15.1. The van der Waals surface area contributed by atoms with Crippen LogP contribution in [-0.4, -0.2) is 16.1 Å². The quantitative estimate of drug-likeness (QED) is 0.491. The van der Waals surface area contributed by atoms with Gasteiger partial charge in [-0.05, 0) is 41.0 Å². The van der Waals surface area contributed by atoms with Crippen LogP contribution >= 0.6 is 34.8 Å². The van der Waals surface area contributed by atoms with Gasteiger partial charge in [0.25, 0.3) is 0 Å². The van der Waals surface area contributed by atoms with E-state index in [1.165, 1.54) is 11.0 Å². The number of aromatic hydroxyl groups is 1. The molecule has 1 atom stereocenters. The third-order valence-electron chi connectivity index (χ3n) is 4.89. The Morgan fingerprint density at radius 3 is 2.55 bits per heavy atom. The van der Waals surface area contributed by atoms with Gasteiger partial charge >= 0.3 is 6.09 Å². The van der Waals surface area contributed by atoms with Gasteiger partial charge in [-0.15, -0.1) is 0 Å². The number of amides is 1. The van der Waals surface area contributed by atoms with E-state index in [0.717, 1.165) is 16.7 Å². The van der Waals surface area contributed by atoms with Crippen molar-refractivity contribution in [1.29, 1.82) is 0 Å². The number of phenols is 1. The molecule has 1 heterocycles. The smallest absolute Gasteiger partial charge is 0.411 e. The molecule has 1 N–H and O–H groups in total. The van der Waals surface area contributed by atoms with E-state index in [4.69, 9.17) is 39.5 Å². The lowest BCUT2D eigenvalue weighted by molar-refractivity contribution is 0.0884. The van der Waals surface area contributed by atoms with Crippen molar-refractivity contribution in [3.63, 3.8) is 0 Å². The third-order valence-corrected chi connectivity index (χ3v) is 5.97. The highest BCUT2D eigenvalue weighted by atomic mass is 35.5. The molecule has 0 aliphatic carbocycles. The summed E-state index contributed by atoms with van der Waals surface area (Å²) in [5.41, 5.74) is 2.86. The summed E-state index contributed by atoms with van der Waals surface area (Å²) in [4.78, 5) is 14.5. The number of nitrogens with zero attached hydrogens (tertiary/aromatic N) is 1. The molecule has 0 saturated carbocycles. The van der Waals surface area contributed by atoms with Gasteiger partial charge in [-0.3, -0.25) is 4.90 Å². The maximum absolute atomic E-state index is 13.0. The van der Waals surface area contributed by atoms with Crippen LogP contribution in [0.5, 0.6) is 5.75 Å². The Morgan fingerprint density at radius 2 is 1.79 bits per heavy atom. The van der Waals surface area contributed by atoms with Crippen LogP contribution in [0, 0.1) is 0 Å². The van der Waals surface area contributed by atoms with Crippen molar-refractivity contribution in [1.82, 2.24) is 4.90 Å². The van der Waals surface area contributed by atoms with Crippen LogP contribution in [0.15, 0.2) is 60.7 Å². The first-order valence-corrected chi connectivity index (χ1v) is 10.0. The Hall–Kier alpha value is -2.40. The van der Waals surface area contributed by atoms with Crippen LogP contribution < -0.4 is 0 Å². The van der Waals surface area contributed by atoms with Gasteiger partial charge < -0.3 is 9.84 Å². The van der Waals surface area contributed by atoms with Crippen molar-refractivity contribution in [3.05, 3.63) is 98.0 Å². The molecule has 1 aliphatic rings. The average molecular weight is 449 g/mol. The Morgan fingerprint density at radius 1 is 1.03 bits per heavy atom. The van der Waals surface area contributed by atoms with Crippen LogP contribution in [0.25, 0.3) is 0 Å². The molecule has 4 rings (SSSR count). The monoisotopic (exact) mass is 447 g/mol. The number of rotatable bonds is 3. The summed E-state index contributed by atoms with van der Waals surface area (Å²) in [6.07, 6.45) is -0.526. The number of phenolic OH excluding ortho intramolecular Hbond substituents is 1. The Kier molecular flexibility index (Phi) is 5.59. The van der Waals surface area contributed by atoms with E-state index in [-0.39, 0.29) is 18.9 Å². The first-order valence-electron chi connectivity index (χ1n) is 8.88. The van der Waals surface area contributed by atoms with E-state index in [9.17, 15) is 9.90 Å². The van der Waals surface area contributed by atoms with E-state index >= 15 is 0 Å². The van der Waals surface area contributed by atoms with Crippen molar-refractivity contribution in [2.45, 2.75) is 19.2 Å². The molecule has 148 valence electrons. The largest absolute Gasteiger partial charge is 0.508 e. The second kappa shape index (κ2) is 8.15. The van der Waals surface area contributed by atoms with Gasteiger partial charge in [-0.2, -0.15) is 0 Å². The second-order valence-corrected chi connectivity index (χ2v) is 7.92. The molecule has 0 aromatic heterocycles. The van der Waals surface area contributed by atoms with Crippen molar-refractivity contribution < 1.29 is 14.6 Å². The molecule has 7 heteroatoms. The van der Waals surface area contributed by atoms with E-state index in [1.54, 1.807) is 24.3 Å². The number of carbonyl (C=O) groups excluding carboxylic acids is 1. The lowest BCUT2D eigenvalue weighted by atomic mass is 9.97. The lowest BCUT2D eigenvalue weighted by Gasteiger charge is -2.26. The molecule has 3 aromatic rings. The molecule has 0 saturated heterocycles. The Labute approximate surface area is 183 Å². The first-order chi connectivity index (χ1) is 14.0. The van der Waals surface area contributed by atoms with Crippen LogP contribution in [0.3, 0.4) is 0 Å². The fourth-order valence-corrected chi connectivity index (χ4v) is 4.10. The zero-order chi connectivity index (χ0) is 20.5. The molecule has 0 spiro atoms. The molecule has 29 heavy (non-hydrogen) atoms. The van der Waals surface area contributed by atoms with Crippen molar-refractivity contribution in [3.8, 4) is 5.75 Å². The van der Waals surface area contributed by atoms with Crippen LogP contribution in [0.4, 0.5) is 4.79 Å². The maximum atomic E-state index is 13.0. The van der Waals surface area contributed by atoms with Crippen molar-refractivity contribution in [2.24, 2.45) is 0 Å². The molecule has 1 aliphatic heterocycles. The van der Waals surface area contributed by atoms with Crippen molar-refractivity contribution in [2.75, 3.05) is 0 Å². The second-order valence-electron chi connectivity index (χ2n) is 6.70. The van der Waals surface area contributed by atoms with Gasteiger partial charge in [0.1, 0.15) is 12.4 Å². The summed E-state index contributed by atoms with van der Waals surface area (Å²) < 4.78 is 5.53. The van der Waals surface area contributed by atoms with Gasteiger partial charge in [-0.1, -0.05) is 71.2 Å². The number of halogens is 3. The summed E-state index contributed by atoms with van der Waals surface area (Å²) in [6.45, 7) is 0.341. The number of ether oxygens (including phenoxy) is 1. The highest BCUT2D eigenvalue weighted by Crippen LogP contribution is 2.46. The molecular weight excluding hydrogens is 433 g/mol.